The normalized spacial score (nSPS) is 10.6. The second kappa shape index (κ2) is 7.08. The van der Waals surface area contributed by atoms with Crippen molar-refractivity contribution in [2.75, 3.05) is 13.7 Å². The van der Waals surface area contributed by atoms with Crippen LogP contribution in [-0.2, 0) is 17.7 Å². The van der Waals surface area contributed by atoms with Gasteiger partial charge in [0.15, 0.2) is 0 Å². The summed E-state index contributed by atoms with van der Waals surface area (Å²) in [6.45, 7) is 3.26. The first-order chi connectivity index (χ1) is 9.72. The number of aryl methyl sites for hydroxylation is 1. The lowest BCUT2D eigenvalue weighted by atomic mass is 10.1. The van der Waals surface area contributed by atoms with Crippen molar-refractivity contribution in [2.45, 2.75) is 19.9 Å². The average molecular weight is 271 g/mol. The van der Waals surface area contributed by atoms with Crippen LogP contribution in [-0.4, -0.2) is 13.7 Å². The molecule has 0 unspecified atom stereocenters. The molecule has 0 heterocycles. The minimum atomic E-state index is 0.475. The smallest absolute Gasteiger partial charge is 0.131 e. The van der Waals surface area contributed by atoms with E-state index in [0.717, 1.165) is 30.1 Å². The highest BCUT2D eigenvalue weighted by Crippen LogP contribution is 2.26. The highest BCUT2D eigenvalue weighted by molar-refractivity contribution is 5.40. The molecule has 2 N–H and O–H groups in total. The summed E-state index contributed by atoms with van der Waals surface area (Å²) in [6, 6.07) is 14.1. The molecule has 106 valence electrons. The van der Waals surface area contributed by atoms with Crippen LogP contribution < -0.4 is 10.5 Å². The predicted octanol–water partition coefficient (Wildman–Crippen LogP) is 3.43. The molecular formula is C17H21NO2. The minimum Gasteiger partial charge on any atom is -0.457 e. The van der Waals surface area contributed by atoms with Gasteiger partial charge in [0.25, 0.3) is 0 Å². The van der Waals surface area contributed by atoms with Crippen LogP contribution in [0.4, 0.5) is 0 Å². The Morgan fingerprint density at radius 3 is 2.45 bits per heavy atom. The monoisotopic (exact) mass is 271 g/mol. The van der Waals surface area contributed by atoms with E-state index in [0.29, 0.717) is 6.54 Å². The lowest BCUT2D eigenvalue weighted by Crippen LogP contribution is -2.00. The van der Waals surface area contributed by atoms with Gasteiger partial charge in [0.05, 0.1) is 6.61 Å². The van der Waals surface area contributed by atoms with Gasteiger partial charge in [-0.2, -0.15) is 0 Å². The van der Waals surface area contributed by atoms with Crippen molar-refractivity contribution in [3.63, 3.8) is 0 Å². The molecule has 0 bridgehead atoms. The van der Waals surface area contributed by atoms with Gasteiger partial charge in [-0.1, -0.05) is 29.8 Å². The van der Waals surface area contributed by atoms with Crippen molar-refractivity contribution in [2.24, 2.45) is 5.73 Å². The summed E-state index contributed by atoms with van der Waals surface area (Å²) < 4.78 is 11.0. The van der Waals surface area contributed by atoms with Crippen molar-refractivity contribution in [3.8, 4) is 11.5 Å². The maximum absolute atomic E-state index is 5.90. The van der Waals surface area contributed by atoms with Gasteiger partial charge in [0.1, 0.15) is 11.5 Å². The summed E-state index contributed by atoms with van der Waals surface area (Å²) in [6.07, 6.45) is 0.912. The number of benzene rings is 2. The summed E-state index contributed by atoms with van der Waals surface area (Å²) in [5.74, 6) is 1.65. The average Bonchev–Trinajstić information content (AvgIpc) is 2.48. The van der Waals surface area contributed by atoms with Gasteiger partial charge in [0, 0.05) is 19.2 Å². The van der Waals surface area contributed by atoms with E-state index in [-0.39, 0.29) is 0 Å². The van der Waals surface area contributed by atoms with Gasteiger partial charge in [0.2, 0.25) is 0 Å². The maximum atomic E-state index is 5.90. The molecule has 0 radical (unpaired) electrons. The van der Waals surface area contributed by atoms with E-state index >= 15 is 0 Å². The minimum absolute atomic E-state index is 0.475. The first-order valence-electron chi connectivity index (χ1n) is 6.78. The van der Waals surface area contributed by atoms with Gasteiger partial charge >= 0.3 is 0 Å². The van der Waals surface area contributed by atoms with E-state index in [4.69, 9.17) is 15.2 Å². The Bertz CT molecular complexity index is 549. The van der Waals surface area contributed by atoms with Crippen molar-refractivity contribution in [3.05, 3.63) is 59.2 Å². The van der Waals surface area contributed by atoms with Crippen molar-refractivity contribution < 1.29 is 9.47 Å². The van der Waals surface area contributed by atoms with Crippen molar-refractivity contribution in [1.29, 1.82) is 0 Å². The van der Waals surface area contributed by atoms with Gasteiger partial charge in [-0.15, -0.1) is 0 Å². The van der Waals surface area contributed by atoms with Crippen molar-refractivity contribution in [1.82, 2.24) is 0 Å². The molecule has 3 heteroatoms. The fourth-order valence-electron chi connectivity index (χ4n) is 2.04. The number of methoxy groups -OCH3 is 1. The highest BCUT2D eigenvalue weighted by Gasteiger charge is 2.04. The molecule has 0 atom stereocenters. The molecule has 2 rings (SSSR count). The molecule has 20 heavy (non-hydrogen) atoms. The fraction of sp³-hybridized carbons (Fsp3) is 0.294. The fourth-order valence-corrected chi connectivity index (χ4v) is 2.04. The zero-order chi connectivity index (χ0) is 14.4. The second-order valence-electron chi connectivity index (χ2n) is 4.80. The van der Waals surface area contributed by atoms with Crippen LogP contribution in [0.5, 0.6) is 11.5 Å². The molecule has 2 aromatic carbocycles. The Kier molecular flexibility index (Phi) is 5.16. The first kappa shape index (κ1) is 14.6. The summed E-state index contributed by atoms with van der Waals surface area (Å²) in [4.78, 5) is 0. The summed E-state index contributed by atoms with van der Waals surface area (Å²) in [5, 5.41) is 0. The molecule has 0 saturated heterocycles. The van der Waals surface area contributed by atoms with Gasteiger partial charge in [-0.3, -0.25) is 0 Å². The molecule has 0 aliphatic carbocycles. The van der Waals surface area contributed by atoms with E-state index in [9.17, 15) is 0 Å². The lowest BCUT2D eigenvalue weighted by Gasteiger charge is -2.11. The quantitative estimate of drug-likeness (QED) is 0.875. The molecule has 0 spiro atoms. The largest absolute Gasteiger partial charge is 0.457 e. The Balaban J connectivity index is 2.10. The first-order valence-corrected chi connectivity index (χ1v) is 6.78. The van der Waals surface area contributed by atoms with Gasteiger partial charge in [-0.05, 0) is 37.1 Å². The Morgan fingerprint density at radius 2 is 1.80 bits per heavy atom. The zero-order valence-corrected chi connectivity index (χ0v) is 12.1. The SMILES string of the molecule is COCCc1ccc(Oc2ccc(C)cc2CN)cc1. The molecule has 2 aromatic rings. The van der Waals surface area contributed by atoms with E-state index in [1.807, 2.05) is 31.2 Å². The molecule has 0 amide bonds. The number of nitrogens with two attached hydrogens (primary N) is 1. The van der Waals surface area contributed by atoms with Gasteiger partial charge < -0.3 is 15.2 Å². The Morgan fingerprint density at radius 1 is 1.05 bits per heavy atom. The van der Waals surface area contributed by atoms with Crippen molar-refractivity contribution >= 4 is 0 Å². The topological polar surface area (TPSA) is 44.5 Å². The van der Waals surface area contributed by atoms with Crippen LogP contribution in [0.15, 0.2) is 42.5 Å². The van der Waals surface area contributed by atoms with Crippen LogP contribution >= 0.6 is 0 Å². The molecule has 0 fully saturated rings. The number of hydrogen-bond donors (Lipinski definition) is 1. The molecule has 0 saturated carbocycles. The maximum Gasteiger partial charge on any atom is 0.131 e. The predicted molar refractivity (Wildman–Crippen MR) is 81.2 cm³/mol. The van der Waals surface area contributed by atoms with E-state index in [2.05, 4.69) is 18.2 Å². The third-order valence-electron chi connectivity index (χ3n) is 3.18. The van der Waals surface area contributed by atoms with Crippen LogP contribution in [0, 0.1) is 6.92 Å². The second-order valence-corrected chi connectivity index (χ2v) is 4.80. The number of ether oxygens (including phenoxy) is 2. The van der Waals surface area contributed by atoms with E-state index in [1.54, 1.807) is 7.11 Å². The molecule has 0 aliphatic heterocycles. The summed E-state index contributed by atoms with van der Waals surface area (Å²) >= 11 is 0. The highest BCUT2D eigenvalue weighted by atomic mass is 16.5. The number of rotatable bonds is 6. The summed E-state index contributed by atoms with van der Waals surface area (Å²) in [5.41, 5.74) is 9.21. The van der Waals surface area contributed by atoms with E-state index < -0.39 is 0 Å². The zero-order valence-electron chi connectivity index (χ0n) is 12.1. The summed E-state index contributed by atoms with van der Waals surface area (Å²) in [7, 11) is 1.71. The van der Waals surface area contributed by atoms with Gasteiger partial charge in [-0.25, -0.2) is 0 Å². The third kappa shape index (κ3) is 3.83. The third-order valence-corrected chi connectivity index (χ3v) is 3.18. The Hall–Kier alpha value is -1.84. The van der Waals surface area contributed by atoms with Crippen LogP contribution in [0.1, 0.15) is 16.7 Å². The van der Waals surface area contributed by atoms with E-state index in [1.165, 1.54) is 11.1 Å². The molecule has 0 aliphatic rings. The lowest BCUT2D eigenvalue weighted by molar-refractivity contribution is 0.202. The molecule has 3 nitrogen and oxygen atoms in total. The van der Waals surface area contributed by atoms with Crippen LogP contribution in [0.25, 0.3) is 0 Å². The Labute approximate surface area is 120 Å². The molecule has 0 aromatic heterocycles. The standard InChI is InChI=1S/C17H21NO2/c1-13-3-8-17(15(11-13)12-18)20-16-6-4-14(5-7-16)9-10-19-2/h3-8,11H,9-10,12,18H2,1-2H3. The number of hydrogen-bond acceptors (Lipinski definition) is 3. The molecular weight excluding hydrogens is 250 g/mol. The van der Waals surface area contributed by atoms with Crippen LogP contribution in [0.2, 0.25) is 0 Å². The van der Waals surface area contributed by atoms with Crippen LogP contribution in [0.3, 0.4) is 0 Å².